The van der Waals surface area contributed by atoms with Gasteiger partial charge in [0.05, 0.1) is 17.4 Å². The van der Waals surface area contributed by atoms with Crippen LogP contribution in [0.1, 0.15) is 16.7 Å². The summed E-state index contributed by atoms with van der Waals surface area (Å²) in [7, 11) is 1.57. The van der Waals surface area contributed by atoms with E-state index in [1.807, 2.05) is 0 Å². The number of aliphatic imine (C=N–C) groups is 1. The lowest BCUT2D eigenvalue weighted by molar-refractivity contribution is -0.128. The predicted octanol–water partition coefficient (Wildman–Crippen LogP) is 2.79. The van der Waals surface area contributed by atoms with Crippen LogP contribution in [0.4, 0.5) is 14.5 Å². The predicted molar refractivity (Wildman–Crippen MR) is 122 cm³/mol. The third kappa shape index (κ3) is 4.65. The van der Waals surface area contributed by atoms with E-state index in [1.165, 1.54) is 35.2 Å². The molecule has 168 valence electrons. The molecule has 0 aliphatic carbocycles. The number of anilines is 1. The Morgan fingerprint density at radius 2 is 1.67 bits per heavy atom. The molecule has 8 heteroatoms. The molecule has 3 aromatic rings. The molecule has 3 aromatic carbocycles. The highest BCUT2D eigenvalue weighted by molar-refractivity contribution is 6.20. The molecule has 2 atom stereocenters. The first-order chi connectivity index (χ1) is 15.8. The second-order valence-electron chi connectivity index (χ2n) is 7.72. The summed E-state index contributed by atoms with van der Waals surface area (Å²) in [5, 5.41) is 2.59. The van der Waals surface area contributed by atoms with E-state index >= 15 is 0 Å². The van der Waals surface area contributed by atoms with E-state index in [0.717, 1.165) is 0 Å². The van der Waals surface area contributed by atoms with Gasteiger partial charge in [0.2, 0.25) is 12.1 Å². The largest absolute Gasteiger partial charge is 0.325 e. The highest BCUT2D eigenvalue weighted by atomic mass is 19.1. The Balaban J connectivity index is 1.66. The summed E-state index contributed by atoms with van der Waals surface area (Å²) < 4.78 is 27.8. The second-order valence-corrected chi connectivity index (χ2v) is 7.72. The van der Waals surface area contributed by atoms with Gasteiger partial charge in [0, 0.05) is 18.2 Å². The number of nitrogens with zero attached hydrogens (tertiary/aromatic N) is 2. The van der Waals surface area contributed by atoms with Crippen molar-refractivity contribution in [2.45, 2.75) is 18.6 Å². The van der Waals surface area contributed by atoms with E-state index in [2.05, 4.69) is 10.3 Å². The Hall–Kier alpha value is -3.91. The number of benzodiazepines with no additional fused rings is 1. The van der Waals surface area contributed by atoms with Gasteiger partial charge in [-0.05, 0) is 42.3 Å². The average molecular weight is 448 g/mol. The van der Waals surface area contributed by atoms with Gasteiger partial charge in [0.15, 0.2) is 0 Å². The van der Waals surface area contributed by atoms with Crippen molar-refractivity contribution in [3.8, 4) is 0 Å². The first-order valence-electron chi connectivity index (χ1n) is 10.3. The number of carbonyl (C=O) groups is 2. The molecular weight excluding hydrogens is 426 g/mol. The number of carbonyl (C=O) groups excluding carboxylic acids is 2. The Morgan fingerprint density at radius 1 is 1.03 bits per heavy atom. The normalized spacial score (nSPS) is 16.5. The van der Waals surface area contributed by atoms with Gasteiger partial charge in [-0.15, -0.1) is 0 Å². The minimum Gasteiger partial charge on any atom is -0.325 e. The molecule has 2 amide bonds. The molecule has 0 spiro atoms. The van der Waals surface area contributed by atoms with Gasteiger partial charge in [-0.2, -0.15) is 0 Å². The molecule has 0 saturated carbocycles. The van der Waals surface area contributed by atoms with Gasteiger partial charge in [-0.1, -0.05) is 42.5 Å². The van der Waals surface area contributed by atoms with Crippen LogP contribution in [0, 0.1) is 11.6 Å². The van der Waals surface area contributed by atoms with Crippen molar-refractivity contribution in [1.29, 1.82) is 0 Å². The summed E-state index contributed by atoms with van der Waals surface area (Å²) in [5.41, 5.74) is 8.27. The van der Waals surface area contributed by atoms with Crippen LogP contribution in [0.2, 0.25) is 0 Å². The van der Waals surface area contributed by atoms with E-state index in [9.17, 15) is 18.4 Å². The summed E-state index contributed by atoms with van der Waals surface area (Å²) in [6, 6.07) is 17.8. The summed E-state index contributed by atoms with van der Waals surface area (Å²) in [6.07, 6.45) is -1.16. The molecule has 0 bridgehead atoms. The number of halogens is 2. The fraction of sp³-hybridized carbons (Fsp3) is 0.160. The Bertz CT molecular complexity index is 1230. The smallest absolute Gasteiger partial charge is 0.272 e. The van der Waals surface area contributed by atoms with E-state index in [4.69, 9.17) is 5.73 Å². The number of nitrogens with two attached hydrogens (primary N) is 1. The van der Waals surface area contributed by atoms with Crippen molar-refractivity contribution in [2.24, 2.45) is 10.7 Å². The fourth-order valence-electron chi connectivity index (χ4n) is 3.69. The van der Waals surface area contributed by atoms with Gasteiger partial charge in [0.25, 0.3) is 5.91 Å². The minimum atomic E-state index is -1.30. The third-order valence-electron chi connectivity index (χ3n) is 5.46. The first-order valence-corrected chi connectivity index (χ1v) is 10.3. The molecule has 4 rings (SSSR count). The van der Waals surface area contributed by atoms with Crippen LogP contribution < -0.4 is 16.0 Å². The lowest BCUT2D eigenvalue weighted by Gasteiger charge is -2.22. The molecule has 0 saturated heterocycles. The van der Waals surface area contributed by atoms with E-state index in [0.29, 0.717) is 16.8 Å². The van der Waals surface area contributed by atoms with Crippen molar-refractivity contribution >= 4 is 23.2 Å². The van der Waals surface area contributed by atoms with E-state index in [1.54, 1.807) is 49.5 Å². The lowest BCUT2D eigenvalue weighted by Crippen LogP contribution is -2.51. The van der Waals surface area contributed by atoms with Crippen LogP contribution in [0.5, 0.6) is 0 Å². The molecule has 3 N–H and O–H groups in total. The number of para-hydroxylation sites is 1. The maximum atomic E-state index is 14.7. The summed E-state index contributed by atoms with van der Waals surface area (Å²) in [4.78, 5) is 31.8. The number of benzene rings is 3. The van der Waals surface area contributed by atoms with Crippen molar-refractivity contribution in [1.82, 2.24) is 5.32 Å². The fourth-order valence-corrected chi connectivity index (χ4v) is 3.69. The van der Waals surface area contributed by atoms with Crippen LogP contribution in [0.25, 0.3) is 0 Å². The van der Waals surface area contributed by atoms with Crippen LogP contribution in [-0.4, -0.2) is 36.8 Å². The maximum Gasteiger partial charge on any atom is 0.272 e. The van der Waals surface area contributed by atoms with Crippen LogP contribution in [-0.2, 0) is 16.0 Å². The standard InChI is InChI=1S/C25H22F2N4O2/c1-31-21-9-5-3-7-18(21)22(17-6-2-4-8-19(17)27)29-23(25(31)33)30-24(32)20(28)14-15-10-12-16(26)13-11-15/h2-13,20,23H,14,28H2,1H3,(H,30,32). The Labute approximate surface area is 189 Å². The molecule has 2 unspecified atom stereocenters. The number of hydrogen-bond donors (Lipinski definition) is 2. The topological polar surface area (TPSA) is 87.8 Å². The quantitative estimate of drug-likeness (QED) is 0.629. The summed E-state index contributed by atoms with van der Waals surface area (Å²) >= 11 is 0. The first kappa shape index (κ1) is 22.3. The lowest BCUT2D eigenvalue weighted by atomic mass is 10.00. The molecule has 0 aromatic heterocycles. The van der Waals surface area contributed by atoms with E-state index in [-0.39, 0.29) is 17.7 Å². The number of nitrogens with one attached hydrogen (secondary N) is 1. The van der Waals surface area contributed by atoms with Crippen molar-refractivity contribution < 1.29 is 18.4 Å². The zero-order valence-electron chi connectivity index (χ0n) is 17.8. The zero-order valence-corrected chi connectivity index (χ0v) is 17.8. The average Bonchev–Trinajstić information content (AvgIpc) is 2.91. The van der Waals surface area contributed by atoms with E-state index < -0.39 is 35.7 Å². The Morgan fingerprint density at radius 3 is 2.36 bits per heavy atom. The molecule has 1 aliphatic rings. The number of fused-ring (bicyclic) bond motifs is 1. The molecule has 0 radical (unpaired) electrons. The maximum absolute atomic E-state index is 14.7. The summed E-state index contributed by atoms with van der Waals surface area (Å²) in [5.74, 6) is -1.98. The molecule has 1 aliphatic heterocycles. The van der Waals surface area contributed by atoms with Crippen molar-refractivity contribution in [3.63, 3.8) is 0 Å². The van der Waals surface area contributed by atoms with Gasteiger partial charge < -0.3 is 16.0 Å². The number of rotatable bonds is 5. The highest BCUT2D eigenvalue weighted by Crippen LogP contribution is 2.28. The van der Waals surface area contributed by atoms with Crippen molar-refractivity contribution in [2.75, 3.05) is 11.9 Å². The number of likely N-dealkylation sites (N-methyl/N-ethyl adjacent to an activating group) is 1. The number of amides is 2. The SMILES string of the molecule is CN1C(=O)C(NC(=O)C(N)Cc2ccc(F)cc2)N=C(c2ccccc2F)c2ccccc21. The second kappa shape index (κ2) is 9.30. The zero-order chi connectivity index (χ0) is 23.5. The molecular formula is C25H22F2N4O2. The highest BCUT2D eigenvalue weighted by Gasteiger charge is 2.32. The molecule has 33 heavy (non-hydrogen) atoms. The van der Waals surface area contributed by atoms with Gasteiger partial charge in [-0.3, -0.25) is 9.59 Å². The van der Waals surface area contributed by atoms with Crippen LogP contribution >= 0.6 is 0 Å². The summed E-state index contributed by atoms with van der Waals surface area (Å²) in [6.45, 7) is 0. The third-order valence-corrected chi connectivity index (χ3v) is 5.46. The monoisotopic (exact) mass is 448 g/mol. The number of hydrogen-bond acceptors (Lipinski definition) is 4. The molecule has 0 fully saturated rings. The Kier molecular flexibility index (Phi) is 6.28. The molecule has 1 heterocycles. The van der Waals surface area contributed by atoms with Gasteiger partial charge in [-0.25, -0.2) is 13.8 Å². The minimum absolute atomic E-state index is 0.146. The van der Waals surface area contributed by atoms with Crippen LogP contribution in [0.3, 0.4) is 0 Å². The molecule has 6 nitrogen and oxygen atoms in total. The van der Waals surface area contributed by atoms with Crippen LogP contribution in [0.15, 0.2) is 77.8 Å². The van der Waals surface area contributed by atoms with Gasteiger partial charge in [0.1, 0.15) is 11.6 Å². The van der Waals surface area contributed by atoms with Gasteiger partial charge >= 0.3 is 0 Å². The van der Waals surface area contributed by atoms with Crippen molar-refractivity contribution in [3.05, 3.63) is 101 Å².